The highest BCUT2D eigenvalue weighted by Gasteiger charge is 2.38. The quantitative estimate of drug-likeness (QED) is 0.513. The highest BCUT2D eigenvalue weighted by Crippen LogP contribution is 2.29. The van der Waals surface area contributed by atoms with Gasteiger partial charge in [-0.05, 0) is 95.1 Å². The van der Waals surface area contributed by atoms with Crippen LogP contribution < -0.4 is 20.1 Å². The Morgan fingerprint density at radius 1 is 0.939 bits per heavy atom. The average Bonchev–Trinajstić information content (AvgIpc) is 2.73. The zero-order valence-electron chi connectivity index (χ0n) is 20.9. The zero-order valence-corrected chi connectivity index (χ0v) is 21.7. The topological polar surface area (TPSA) is 45.8 Å². The first-order valence-electron chi connectivity index (χ1n) is 11.8. The smallest absolute Gasteiger partial charge is 0.169 e. The van der Waals surface area contributed by atoms with Gasteiger partial charge in [0.05, 0.1) is 13.7 Å². The normalized spacial score (nSPS) is 17.3. The Balaban J connectivity index is 1.76. The monoisotopic (exact) mass is 469 g/mol. The second-order valence-corrected chi connectivity index (χ2v) is 10.6. The molecule has 1 saturated heterocycles. The number of methoxy groups -OCH3 is 1. The van der Waals surface area contributed by atoms with Crippen molar-refractivity contribution in [3.8, 4) is 11.5 Å². The first-order chi connectivity index (χ1) is 15.6. The third kappa shape index (κ3) is 7.61. The van der Waals surface area contributed by atoms with Gasteiger partial charge in [0.2, 0.25) is 0 Å². The minimum atomic E-state index is 0.0605. The summed E-state index contributed by atoms with van der Waals surface area (Å²) >= 11 is 5.97. The minimum Gasteiger partial charge on any atom is -0.497 e. The van der Waals surface area contributed by atoms with Crippen LogP contribution >= 0.6 is 12.2 Å². The zero-order chi connectivity index (χ0) is 24.1. The van der Waals surface area contributed by atoms with Crippen molar-refractivity contribution in [2.24, 2.45) is 0 Å². The van der Waals surface area contributed by atoms with Crippen molar-refractivity contribution in [3.05, 3.63) is 59.7 Å². The molecular formula is C27H39N3O2S. The van der Waals surface area contributed by atoms with Crippen LogP contribution in [0.2, 0.25) is 0 Å². The van der Waals surface area contributed by atoms with Gasteiger partial charge < -0.3 is 25.0 Å². The van der Waals surface area contributed by atoms with E-state index < -0.39 is 0 Å². The van der Waals surface area contributed by atoms with Crippen LogP contribution in [0.5, 0.6) is 11.5 Å². The number of nitrogens with zero attached hydrogens (tertiary/aromatic N) is 1. The lowest BCUT2D eigenvalue weighted by Crippen LogP contribution is -2.62. The van der Waals surface area contributed by atoms with Gasteiger partial charge in [0, 0.05) is 30.2 Å². The average molecular weight is 470 g/mol. The fraction of sp³-hybridized carbons (Fsp3) is 0.519. The van der Waals surface area contributed by atoms with Crippen LogP contribution in [-0.2, 0) is 13.1 Å². The van der Waals surface area contributed by atoms with Gasteiger partial charge in [0.15, 0.2) is 5.11 Å². The Bertz CT molecular complexity index is 894. The Hall–Kier alpha value is -2.31. The van der Waals surface area contributed by atoms with E-state index in [4.69, 9.17) is 21.7 Å². The first-order valence-corrected chi connectivity index (χ1v) is 12.2. The summed E-state index contributed by atoms with van der Waals surface area (Å²) in [5.74, 6) is 1.75. The molecular weight excluding hydrogens is 430 g/mol. The molecule has 2 aromatic carbocycles. The van der Waals surface area contributed by atoms with Gasteiger partial charge in [-0.15, -0.1) is 0 Å². The van der Waals surface area contributed by atoms with Crippen molar-refractivity contribution in [3.63, 3.8) is 0 Å². The van der Waals surface area contributed by atoms with Crippen LogP contribution in [0.25, 0.3) is 0 Å². The molecule has 0 unspecified atom stereocenters. The number of rotatable bonds is 8. The number of benzene rings is 2. The minimum absolute atomic E-state index is 0.0605. The molecule has 0 bridgehead atoms. The van der Waals surface area contributed by atoms with Crippen LogP contribution in [0, 0.1) is 0 Å². The third-order valence-electron chi connectivity index (χ3n) is 5.95. The van der Waals surface area contributed by atoms with E-state index in [1.165, 1.54) is 11.1 Å². The van der Waals surface area contributed by atoms with Gasteiger partial charge in [-0.2, -0.15) is 0 Å². The van der Waals surface area contributed by atoms with E-state index in [2.05, 4.69) is 67.5 Å². The molecule has 0 aromatic heterocycles. The standard InChI is InChI=1S/C27H39N3O2S/c1-7-32-24-14-10-21(11-15-24)19-30(18-20-8-12-23(31-6)13-9-20)25(33)28-22-16-26(2,3)29-27(4,5)17-22/h8-15,22,29H,7,16-19H2,1-6H3,(H,28,33). The Morgan fingerprint density at radius 3 is 1.88 bits per heavy atom. The number of piperidine rings is 1. The Kier molecular flexibility index (Phi) is 8.24. The molecule has 6 heteroatoms. The maximum atomic E-state index is 5.97. The van der Waals surface area contributed by atoms with Gasteiger partial charge >= 0.3 is 0 Å². The molecule has 1 aliphatic heterocycles. The van der Waals surface area contributed by atoms with E-state index in [9.17, 15) is 0 Å². The van der Waals surface area contributed by atoms with E-state index >= 15 is 0 Å². The number of thiocarbonyl (C=S) groups is 1. The van der Waals surface area contributed by atoms with E-state index in [1.54, 1.807) is 7.11 Å². The summed E-state index contributed by atoms with van der Waals surface area (Å²) in [6.07, 6.45) is 2.05. The number of hydrogen-bond donors (Lipinski definition) is 2. The fourth-order valence-corrected chi connectivity index (χ4v) is 5.21. The van der Waals surface area contributed by atoms with Crippen molar-refractivity contribution in [1.82, 2.24) is 15.5 Å². The third-order valence-corrected chi connectivity index (χ3v) is 6.32. The highest BCUT2D eigenvalue weighted by atomic mass is 32.1. The second kappa shape index (κ2) is 10.7. The molecule has 5 nitrogen and oxygen atoms in total. The van der Waals surface area contributed by atoms with Crippen LogP contribution in [0.15, 0.2) is 48.5 Å². The van der Waals surface area contributed by atoms with Crippen molar-refractivity contribution in [2.45, 2.75) is 77.7 Å². The van der Waals surface area contributed by atoms with Gasteiger partial charge in [-0.25, -0.2) is 0 Å². The second-order valence-electron chi connectivity index (χ2n) is 10.2. The molecule has 0 saturated carbocycles. The Labute approximate surface area is 204 Å². The molecule has 0 amide bonds. The Morgan fingerprint density at radius 2 is 1.42 bits per heavy atom. The predicted molar refractivity (Wildman–Crippen MR) is 140 cm³/mol. The molecule has 180 valence electrons. The molecule has 3 rings (SSSR count). The largest absolute Gasteiger partial charge is 0.497 e. The highest BCUT2D eigenvalue weighted by molar-refractivity contribution is 7.80. The fourth-order valence-electron chi connectivity index (χ4n) is 4.92. The van der Waals surface area contributed by atoms with Crippen LogP contribution in [-0.4, -0.2) is 40.8 Å². The molecule has 33 heavy (non-hydrogen) atoms. The number of nitrogens with one attached hydrogen (secondary N) is 2. The van der Waals surface area contributed by atoms with Gasteiger partial charge in [-0.3, -0.25) is 0 Å². The van der Waals surface area contributed by atoms with Gasteiger partial charge in [0.1, 0.15) is 11.5 Å². The van der Waals surface area contributed by atoms with Gasteiger partial charge in [-0.1, -0.05) is 24.3 Å². The van der Waals surface area contributed by atoms with E-state index in [0.717, 1.165) is 42.5 Å². The summed E-state index contributed by atoms with van der Waals surface area (Å²) in [5.41, 5.74) is 2.51. The van der Waals surface area contributed by atoms with Crippen molar-refractivity contribution < 1.29 is 9.47 Å². The number of hydrogen-bond acceptors (Lipinski definition) is 4. The molecule has 2 aromatic rings. The molecule has 0 spiro atoms. The lowest BCUT2D eigenvalue weighted by Gasteiger charge is -2.47. The maximum Gasteiger partial charge on any atom is 0.169 e. The van der Waals surface area contributed by atoms with Crippen LogP contribution in [0.3, 0.4) is 0 Å². The van der Waals surface area contributed by atoms with Crippen molar-refractivity contribution in [2.75, 3.05) is 13.7 Å². The molecule has 0 aliphatic carbocycles. The lowest BCUT2D eigenvalue weighted by atomic mass is 9.80. The molecule has 2 N–H and O–H groups in total. The molecule has 0 atom stereocenters. The van der Waals surface area contributed by atoms with Crippen molar-refractivity contribution >= 4 is 17.3 Å². The van der Waals surface area contributed by atoms with E-state index in [1.807, 2.05) is 31.2 Å². The van der Waals surface area contributed by atoms with E-state index in [-0.39, 0.29) is 11.1 Å². The summed E-state index contributed by atoms with van der Waals surface area (Å²) < 4.78 is 10.9. The maximum absolute atomic E-state index is 5.97. The van der Waals surface area contributed by atoms with Crippen LogP contribution in [0.4, 0.5) is 0 Å². The molecule has 1 fully saturated rings. The summed E-state index contributed by atoms with van der Waals surface area (Å²) in [4.78, 5) is 2.24. The lowest BCUT2D eigenvalue weighted by molar-refractivity contribution is 0.153. The van der Waals surface area contributed by atoms with E-state index in [0.29, 0.717) is 12.6 Å². The SMILES string of the molecule is CCOc1ccc(CN(Cc2ccc(OC)cc2)C(=S)NC2CC(C)(C)NC(C)(C)C2)cc1. The van der Waals surface area contributed by atoms with Crippen LogP contribution in [0.1, 0.15) is 58.6 Å². The summed E-state index contributed by atoms with van der Waals surface area (Å²) in [7, 11) is 1.69. The number of ether oxygens (including phenoxy) is 2. The summed E-state index contributed by atoms with van der Waals surface area (Å²) in [6.45, 7) is 13.2. The van der Waals surface area contributed by atoms with Gasteiger partial charge in [0.25, 0.3) is 0 Å². The molecule has 0 radical (unpaired) electrons. The molecule has 1 aliphatic rings. The molecule has 1 heterocycles. The first kappa shape index (κ1) is 25.3. The predicted octanol–water partition coefficient (Wildman–Crippen LogP) is 5.28. The van der Waals surface area contributed by atoms with Crippen molar-refractivity contribution in [1.29, 1.82) is 0 Å². The summed E-state index contributed by atoms with van der Waals surface area (Å²) in [5, 5.41) is 8.23. The summed E-state index contributed by atoms with van der Waals surface area (Å²) in [6, 6.07) is 16.8.